The molecule has 25 heavy (non-hydrogen) atoms. The topological polar surface area (TPSA) is 84.9 Å². The summed E-state index contributed by atoms with van der Waals surface area (Å²) in [5, 5.41) is 12.4. The van der Waals surface area contributed by atoms with E-state index in [0.717, 1.165) is 0 Å². The standard InChI is InChI=1S/C18H37NO5Si/c1-11-12(2)13(19-16(22)23-17(3,4)5)14(15(20)21)24-25(9,10)18(6,7)8/h12-14H,11H2,1-10H3,(H,19,22)(H,20,21)/t12-,13+,14-/m0/s1. The zero-order chi connectivity index (χ0) is 20.2. The first-order valence-electron chi connectivity index (χ1n) is 8.92. The summed E-state index contributed by atoms with van der Waals surface area (Å²) in [5.41, 5.74) is -0.650. The Balaban J connectivity index is 5.55. The fourth-order valence-corrected chi connectivity index (χ4v) is 3.22. The number of carbonyl (C=O) groups excluding carboxylic acids is 1. The molecule has 2 N–H and O–H groups in total. The number of alkyl carbamates (subject to hydrolysis) is 1. The molecule has 0 saturated carbocycles. The zero-order valence-electron chi connectivity index (χ0n) is 17.5. The zero-order valence-corrected chi connectivity index (χ0v) is 18.5. The Morgan fingerprint density at radius 1 is 1.12 bits per heavy atom. The van der Waals surface area contributed by atoms with Gasteiger partial charge in [-0.1, -0.05) is 41.0 Å². The third-order valence-corrected chi connectivity index (χ3v) is 9.19. The van der Waals surface area contributed by atoms with Crippen LogP contribution in [0.15, 0.2) is 0 Å². The first kappa shape index (κ1) is 23.9. The molecule has 0 heterocycles. The third-order valence-electron chi connectivity index (χ3n) is 4.74. The van der Waals surface area contributed by atoms with Crippen molar-refractivity contribution in [3.05, 3.63) is 0 Å². The van der Waals surface area contributed by atoms with Crippen LogP contribution in [0.3, 0.4) is 0 Å². The maximum atomic E-state index is 12.2. The highest BCUT2D eigenvalue weighted by Gasteiger charge is 2.44. The molecule has 1 amide bonds. The summed E-state index contributed by atoms with van der Waals surface area (Å²) in [6.45, 7) is 19.3. The summed E-state index contributed by atoms with van der Waals surface area (Å²) < 4.78 is 11.5. The molecule has 0 bridgehead atoms. The molecule has 0 aromatic rings. The smallest absolute Gasteiger partial charge is 0.407 e. The van der Waals surface area contributed by atoms with Crippen molar-refractivity contribution in [3.8, 4) is 0 Å². The highest BCUT2D eigenvalue weighted by Crippen LogP contribution is 2.38. The van der Waals surface area contributed by atoms with E-state index in [1.807, 2.05) is 26.9 Å². The van der Waals surface area contributed by atoms with Crippen LogP contribution in [0.5, 0.6) is 0 Å². The number of carboxylic acid groups (broad SMARTS) is 1. The minimum absolute atomic E-state index is 0.0709. The van der Waals surface area contributed by atoms with Crippen molar-refractivity contribution in [2.75, 3.05) is 0 Å². The number of hydrogen-bond donors (Lipinski definition) is 2. The second-order valence-electron chi connectivity index (χ2n) is 9.19. The first-order valence-corrected chi connectivity index (χ1v) is 11.8. The Hall–Kier alpha value is -1.08. The Morgan fingerprint density at radius 2 is 1.60 bits per heavy atom. The van der Waals surface area contributed by atoms with Gasteiger partial charge in [0.2, 0.25) is 0 Å². The number of amides is 1. The van der Waals surface area contributed by atoms with Crippen molar-refractivity contribution in [2.45, 2.75) is 97.7 Å². The molecule has 0 spiro atoms. The SMILES string of the molecule is CC[C@H](C)[C@@H](NC(=O)OC(C)(C)C)[C@H](O[Si](C)(C)C(C)(C)C)C(=O)O. The molecule has 0 aliphatic heterocycles. The molecule has 3 atom stereocenters. The van der Waals surface area contributed by atoms with Crippen LogP contribution in [0, 0.1) is 5.92 Å². The van der Waals surface area contributed by atoms with Crippen LogP contribution in [-0.4, -0.2) is 43.2 Å². The van der Waals surface area contributed by atoms with Gasteiger partial charge in [0.25, 0.3) is 0 Å². The Kier molecular flexibility index (Phi) is 8.16. The average molecular weight is 376 g/mol. The van der Waals surface area contributed by atoms with E-state index in [-0.39, 0.29) is 11.0 Å². The lowest BCUT2D eigenvalue weighted by Crippen LogP contribution is -2.57. The number of aliphatic carboxylic acids is 1. The number of nitrogens with one attached hydrogen (secondary N) is 1. The molecule has 0 rings (SSSR count). The van der Waals surface area contributed by atoms with Crippen molar-refractivity contribution >= 4 is 20.4 Å². The van der Waals surface area contributed by atoms with Gasteiger partial charge in [-0.3, -0.25) is 0 Å². The summed E-state index contributed by atoms with van der Waals surface area (Å²) in [6.07, 6.45) is -1.02. The molecule has 0 aliphatic rings. The molecule has 0 saturated heterocycles. The summed E-state index contributed by atoms with van der Waals surface area (Å²) in [4.78, 5) is 24.1. The van der Waals surface area contributed by atoms with Crippen LogP contribution in [0.25, 0.3) is 0 Å². The van der Waals surface area contributed by atoms with Gasteiger partial charge in [0, 0.05) is 0 Å². The molecular weight excluding hydrogens is 338 g/mol. The van der Waals surface area contributed by atoms with Crippen LogP contribution in [0.2, 0.25) is 18.1 Å². The highest BCUT2D eigenvalue weighted by atomic mass is 28.4. The van der Waals surface area contributed by atoms with Gasteiger partial charge in [0.1, 0.15) is 5.60 Å². The van der Waals surface area contributed by atoms with Gasteiger partial charge in [-0.15, -0.1) is 0 Å². The maximum Gasteiger partial charge on any atom is 0.407 e. The van der Waals surface area contributed by atoms with Gasteiger partial charge in [-0.05, 0) is 44.8 Å². The van der Waals surface area contributed by atoms with Crippen molar-refractivity contribution in [1.29, 1.82) is 0 Å². The lowest BCUT2D eigenvalue weighted by atomic mass is 9.94. The monoisotopic (exact) mass is 375 g/mol. The second kappa shape index (κ2) is 8.53. The van der Waals surface area contributed by atoms with Gasteiger partial charge >= 0.3 is 12.1 Å². The maximum absolute atomic E-state index is 12.2. The molecule has 0 fully saturated rings. The molecular formula is C18H37NO5Si. The minimum atomic E-state index is -2.32. The number of rotatable bonds is 7. The van der Waals surface area contributed by atoms with Crippen LogP contribution in [0.4, 0.5) is 4.79 Å². The molecule has 0 aromatic heterocycles. The van der Waals surface area contributed by atoms with Crippen molar-refractivity contribution in [3.63, 3.8) is 0 Å². The molecule has 6 nitrogen and oxygen atoms in total. The van der Waals surface area contributed by atoms with E-state index in [0.29, 0.717) is 6.42 Å². The fraction of sp³-hybridized carbons (Fsp3) is 0.889. The largest absolute Gasteiger partial charge is 0.479 e. The number of hydrogen-bond acceptors (Lipinski definition) is 4. The fourth-order valence-electron chi connectivity index (χ4n) is 1.99. The quantitative estimate of drug-likeness (QED) is 0.644. The number of carboxylic acids is 1. The number of carbonyl (C=O) groups is 2. The summed E-state index contributed by atoms with van der Waals surface area (Å²) in [6, 6.07) is -0.661. The van der Waals surface area contributed by atoms with Gasteiger partial charge in [0.15, 0.2) is 14.4 Å². The van der Waals surface area contributed by atoms with Gasteiger partial charge in [-0.25, -0.2) is 9.59 Å². The van der Waals surface area contributed by atoms with E-state index >= 15 is 0 Å². The Labute approximate surface area is 153 Å². The normalized spacial score (nSPS) is 16.7. The Bertz CT molecular complexity index is 465. The third kappa shape index (κ3) is 7.77. The predicted molar refractivity (Wildman–Crippen MR) is 102 cm³/mol. The summed E-state index contributed by atoms with van der Waals surface area (Å²) in [7, 11) is -2.32. The van der Waals surface area contributed by atoms with Crippen LogP contribution in [-0.2, 0) is 14.0 Å². The highest BCUT2D eigenvalue weighted by molar-refractivity contribution is 6.74. The van der Waals surface area contributed by atoms with Gasteiger partial charge < -0.3 is 19.6 Å². The van der Waals surface area contributed by atoms with E-state index in [1.54, 1.807) is 20.8 Å². The molecule has 0 aromatic carbocycles. The Morgan fingerprint density at radius 3 is 1.92 bits per heavy atom. The van der Waals surface area contributed by atoms with Crippen LogP contribution >= 0.6 is 0 Å². The first-order chi connectivity index (χ1) is 11.0. The van der Waals surface area contributed by atoms with E-state index in [2.05, 4.69) is 26.1 Å². The predicted octanol–water partition coefficient (Wildman–Crippen LogP) is 4.40. The molecule has 0 radical (unpaired) electrons. The van der Waals surface area contributed by atoms with Crippen molar-refractivity contribution in [1.82, 2.24) is 5.32 Å². The number of ether oxygens (including phenoxy) is 1. The lowest BCUT2D eigenvalue weighted by Gasteiger charge is -2.41. The van der Waals surface area contributed by atoms with E-state index in [1.165, 1.54) is 0 Å². The lowest BCUT2D eigenvalue weighted by molar-refractivity contribution is -0.147. The summed E-state index contributed by atoms with van der Waals surface area (Å²) >= 11 is 0. The molecule has 7 heteroatoms. The second-order valence-corrected chi connectivity index (χ2v) is 14.0. The summed E-state index contributed by atoms with van der Waals surface area (Å²) in [5.74, 6) is -1.13. The van der Waals surface area contributed by atoms with Crippen molar-refractivity contribution in [2.24, 2.45) is 5.92 Å². The van der Waals surface area contributed by atoms with Crippen LogP contribution < -0.4 is 5.32 Å². The minimum Gasteiger partial charge on any atom is -0.479 e. The average Bonchev–Trinajstić information content (AvgIpc) is 2.38. The molecule has 148 valence electrons. The van der Waals surface area contributed by atoms with E-state index in [9.17, 15) is 14.7 Å². The molecule has 0 aliphatic carbocycles. The van der Waals surface area contributed by atoms with E-state index < -0.39 is 38.1 Å². The van der Waals surface area contributed by atoms with Crippen LogP contribution in [0.1, 0.15) is 61.8 Å². The van der Waals surface area contributed by atoms with Gasteiger partial charge in [0.05, 0.1) is 6.04 Å². The van der Waals surface area contributed by atoms with E-state index in [4.69, 9.17) is 9.16 Å². The van der Waals surface area contributed by atoms with Crippen molar-refractivity contribution < 1.29 is 23.9 Å². The molecule has 0 unspecified atom stereocenters. The van der Waals surface area contributed by atoms with Gasteiger partial charge in [-0.2, -0.15) is 0 Å².